The van der Waals surface area contributed by atoms with Crippen molar-refractivity contribution in [2.75, 3.05) is 13.1 Å². The van der Waals surface area contributed by atoms with Crippen LogP contribution >= 0.6 is 0 Å². The summed E-state index contributed by atoms with van der Waals surface area (Å²) in [5.74, 6) is 0. The third-order valence-electron chi connectivity index (χ3n) is 5.00. The summed E-state index contributed by atoms with van der Waals surface area (Å²) in [6.45, 7) is 9.10. The summed E-state index contributed by atoms with van der Waals surface area (Å²) in [6.07, 6.45) is 7.01. The molecule has 2 atom stereocenters. The zero-order valence-electron chi connectivity index (χ0n) is 14.0. The summed E-state index contributed by atoms with van der Waals surface area (Å²) >= 11 is 0. The van der Waals surface area contributed by atoms with Gasteiger partial charge in [-0.3, -0.25) is 4.90 Å². The van der Waals surface area contributed by atoms with Gasteiger partial charge in [0, 0.05) is 18.1 Å². The van der Waals surface area contributed by atoms with E-state index in [-0.39, 0.29) is 0 Å². The van der Waals surface area contributed by atoms with Gasteiger partial charge in [0.25, 0.3) is 0 Å². The predicted octanol–water partition coefficient (Wildman–Crippen LogP) is 4.38. The molecule has 2 nitrogen and oxygen atoms in total. The first-order valence-corrected chi connectivity index (χ1v) is 8.82. The van der Waals surface area contributed by atoms with Crippen molar-refractivity contribution in [3.05, 3.63) is 35.9 Å². The number of likely N-dealkylation sites (N-methyl/N-ethyl adjacent to an activating group) is 2. The summed E-state index contributed by atoms with van der Waals surface area (Å²) in [7, 11) is 0. The largest absolute Gasteiger partial charge is 0.309 e. The molecule has 118 valence electrons. The highest BCUT2D eigenvalue weighted by Gasteiger charge is 2.29. The first-order valence-electron chi connectivity index (χ1n) is 8.82. The molecule has 0 saturated heterocycles. The molecule has 1 aliphatic rings. The zero-order valence-corrected chi connectivity index (χ0v) is 14.0. The standard InChI is InChI=1S/C19H32N2/c1-4-20-19(17-12-8-6-9-13-17)16(3)21(5-2)18-14-10-7-11-15-18/h6,8-9,12-13,16,18-20H,4-5,7,10-11,14-15H2,1-3H3. The van der Waals surface area contributed by atoms with Crippen LogP contribution < -0.4 is 5.32 Å². The fourth-order valence-corrected chi connectivity index (χ4v) is 3.93. The minimum atomic E-state index is 0.429. The van der Waals surface area contributed by atoms with Crippen LogP contribution in [-0.4, -0.2) is 30.1 Å². The number of benzene rings is 1. The van der Waals surface area contributed by atoms with Gasteiger partial charge in [-0.25, -0.2) is 0 Å². The number of nitrogens with zero attached hydrogens (tertiary/aromatic N) is 1. The summed E-state index contributed by atoms with van der Waals surface area (Å²) in [5, 5.41) is 3.71. The second-order valence-corrected chi connectivity index (χ2v) is 6.31. The molecular formula is C19H32N2. The van der Waals surface area contributed by atoms with Gasteiger partial charge < -0.3 is 5.32 Å². The fourth-order valence-electron chi connectivity index (χ4n) is 3.93. The molecule has 0 spiro atoms. The Balaban J connectivity index is 2.13. The minimum Gasteiger partial charge on any atom is -0.309 e. The molecule has 0 bridgehead atoms. The van der Waals surface area contributed by atoms with Crippen molar-refractivity contribution in [3.63, 3.8) is 0 Å². The molecule has 0 aromatic heterocycles. The van der Waals surface area contributed by atoms with Gasteiger partial charge in [0.05, 0.1) is 0 Å². The molecule has 0 aliphatic heterocycles. The van der Waals surface area contributed by atoms with Gasteiger partial charge in [-0.15, -0.1) is 0 Å². The molecule has 1 aromatic carbocycles. The highest BCUT2D eigenvalue weighted by molar-refractivity contribution is 5.20. The van der Waals surface area contributed by atoms with Crippen LogP contribution in [0.5, 0.6) is 0 Å². The normalized spacial score (nSPS) is 19.6. The first kappa shape index (κ1) is 16.5. The van der Waals surface area contributed by atoms with Gasteiger partial charge in [0.1, 0.15) is 0 Å². The van der Waals surface area contributed by atoms with E-state index in [1.54, 1.807) is 0 Å². The lowest BCUT2D eigenvalue weighted by Gasteiger charge is -2.41. The average molecular weight is 288 g/mol. The van der Waals surface area contributed by atoms with E-state index in [0.29, 0.717) is 12.1 Å². The third kappa shape index (κ3) is 4.31. The molecule has 1 N–H and O–H groups in total. The molecule has 1 saturated carbocycles. The van der Waals surface area contributed by atoms with Crippen LogP contribution in [0.3, 0.4) is 0 Å². The third-order valence-corrected chi connectivity index (χ3v) is 5.00. The molecule has 2 heteroatoms. The monoisotopic (exact) mass is 288 g/mol. The maximum Gasteiger partial charge on any atom is 0.0475 e. The lowest BCUT2D eigenvalue weighted by Crippen LogP contribution is -2.48. The molecule has 1 aromatic rings. The van der Waals surface area contributed by atoms with Crippen molar-refractivity contribution in [3.8, 4) is 0 Å². The Hall–Kier alpha value is -0.860. The Bertz CT molecular complexity index is 384. The molecule has 0 heterocycles. The molecule has 0 radical (unpaired) electrons. The quantitative estimate of drug-likeness (QED) is 0.801. The van der Waals surface area contributed by atoms with E-state index in [0.717, 1.165) is 19.1 Å². The Morgan fingerprint density at radius 3 is 2.33 bits per heavy atom. The molecule has 2 unspecified atom stereocenters. The first-order chi connectivity index (χ1) is 10.3. The van der Waals surface area contributed by atoms with Crippen molar-refractivity contribution < 1.29 is 0 Å². The van der Waals surface area contributed by atoms with Crippen LogP contribution in [0, 0.1) is 0 Å². The smallest absolute Gasteiger partial charge is 0.0475 e. The maximum atomic E-state index is 3.71. The summed E-state index contributed by atoms with van der Waals surface area (Å²) in [4.78, 5) is 2.74. The Kier molecular flexibility index (Phi) is 6.72. The van der Waals surface area contributed by atoms with E-state index in [1.165, 1.54) is 37.7 Å². The molecule has 0 amide bonds. The van der Waals surface area contributed by atoms with Gasteiger partial charge in [-0.1, -0.05) is 63.4 Å². The van der Waals surface area contributed by atoms with Crippen LogP contribution in [0.2, 0.25) is 0 Å². The Morgan fingerprint density at radius 1 is 1.10 bits per heavy atom. The maximum absolute atomic E-state index is 3.71. The SMILES string of the molecule is CCNC(c1ccccc1)C(C)N(CC)C1CCCCC1. The summed E-state index contributed by atoms with van der Waals surface area (Å²) in [5.41, 5.74) is 1.42. The van der Waals surface area contributed by atoms with Crippen LogP contribution in [-0.2, 0) is 0 Å². The van der Waals surface area contributed by atoms with E-state index >= 15 is 0 Å². The van der Waals surface area contributed by atoms with Crippen molar-refractivity contribution in [1.82, 2.24) is 10.2 Å². The zero-order chi connectivity index (χ0) is 15.1. The van der Waals surface area contributed by atoms with Crippen LogP contribution in [0.4, 0.5) is 0 Å². The molecule has 2 rings (SSSR count). The van der Waals surface area contributed by atoms with Crippen molar-refractivity contribution in [2.24, 2.45) is 0 Å². The van der Waals surface area contributed by atoms with Gasteiger partial charge in [0.15, 0.2) is 0 Å². The summed E-state index contributed by atoms with van der Waals surface area (Å²) < 4.78 is 0. The van der Waals surface area contributed by atoms with Crippen molar-refractivity contribution in [2.45, 2.75) is 71.0 Å². The molecule has 21 heavy (non-hydrogen) atoms. The molecule has 1 aliphatic carbocycles. The van der Waals surface area contributed by atoms with E-state index in [2.05, 4.69) is 61.3 Å². The van der Waals surface area contributed by atoms with Gasteiger partial charge in [0.2, 0.25) is 0 Å². The second kappa shape index (κ2) is 8.55. The summed E-state index contributed by atoms with van der Waals surface area (Å²) in [6, 6.07) is 12.7. The van der Waals surface area contributed by atoms with E-state index < -0.39 is 0 Å². The number of rotatable bonds is 7. The van der Waals surface area contributed by atoms with Crippen molar-refractivity contribution in [1.29, 1.82) is 0 Å². The van der Waals surface area contributed by atoms with Crippen LogP contribution in [0.15, 0.2) is 30.3 Å². The molecule has 1 fully saturated rings. The van der Waals surface area contributed by atoms with Gasteiger partial charge in [-0.05, 0) is 38.4 Å². The van der Waals surface area contributed by atoms with Crippen LogP contribution in [0.1, 0.15) is 64.5 Å². The number of nitrogens with one attached hydrogen (secondary N) is 1. The lowest BCUT2D eigenvalue weighted by molar-refractivity contribution is 0.0958. The average Bonchev–Trinajstić information content (AvgIpc) is 2.55. The molecular weight excluding hydrogens is 256 g/mol. The Labute approximate surface area is 130 Å². The van der Waals surface area contributed by atoms with Gasteiger partial charge >= 0.3 is 0 Å². The second-order valence-electron chi connectivity index (χ2n) is 6.31. The number of hydrogen-bond donors (Lipinski definition) is 1. The predicted molar refractivity (Wildman–Crippen MR) is 91.6 cm³/mol. The highest BCUT2D eigenvalue weighted by atomic mass is 15.2. The van der Waals surface area contributed by atoms with E-state index in [4.69, 9.17) is 0 Å². The highest BCUT2D eigenvalue weighted by Crippen LogP contribution is 2.28. The van der Waals surface area contributed by atoms with Crippen molar-refractivity contribution >= 4 is 0 Å². The number of hydrogen-bond acceptors (Lipinski definition) is 2. The van der Waals surface area contributed by atoms with Crippen LogP contribution in [0.25, 0.3) is 0 Å². The topological polar surface area (TPSA) is 15.3 Å². The lowest BCUT2D eigenvalue weighted by atomic mass is 9.91. The fraction of sp³-hybridized carbons (Fsp3) is 0.684. The van der Waals surface area contributed by atoms with Gasteiger partial charge in [-0.2, -0.15) is 0 Å². The Morgan fingerprint density at radius 2 is 1.76 bits per heavy atom. The van der Waals surface area contributed by atoms with E-state index in [1.807, 2.05) is 0 Å². The minimum absolute atomic E-state index is 0.429. The van der Waals surface area contributed by atoms with E-state index in [9.17, 15) is 0 Å².